The van der Waals surface area contributed by atoms with Crippen molar-refractivity contribution in [1.29, 1.82) is 0 Å². The summed E-state index contributed by atoms with van der Waals surface area (Å²) in [5.41, 5.74) is 2.50. The number of nitrogens with one attached hydrogen (secondary N) is 2. The highest BCUT2D eigenvalue weighted by atomic mass is 35.5. The molecule has 1 aromatic carbocycles. The maximum atomic E-state index is 11.7. The predicted octanol–water partition coefficient (Wildman–Crippen LogP) is 4.56. The molecule has 1 amide bonds. The number of methoxy groups -OCH3 is 1. The summed E-state index contributed by atoms with van der Waals surface area (Å²) in [4.78, 5) is 19.4. The second-order valence-corrected chi connectivity index (χ2v) is 8.80. The summed E-state index contributed by atoms with van der Waals surface area (Å²) < 4.78 is 5.57. The lowest BCUT2D eigenvalue weighted by Gasteiger charge is -2.27. The normalized spacial score (nSPS) is 18.3. The molecular formula is C21H19ClN4O2S2. The number of carbonyl (C=O) groups excluding carboxylic acids is 1. The van der Waals surface area contributed by atoms with E-state index in [2.05, 4.69) is 20.5 Å². The Morgan fingerprint density at radius 3 is 2.70 bits per heavy atom. The van der Waals surface area contributed by atoms with Crippen molar-refractivity contribution in [3.8, 4) is 0 Å². The molecule has 9 heteroatoms. The van der Waals surface area contributed by atoms with Gasteiger partial charge in [-0.3, -0.25) is 9.78 Å². The monoisotopic (exact) mass is 458 g/mol. The molecule has 2 unspecified atom stereocenters. The minimum Gasteiger partial charge on any atom is -0.375 e. The van der Waals surface area contributed by atoms with E-state index in [9.17, 15) is 4.79 Å². The van der Waals surface area contributed by atoms with Crippen molar-refractivity contribution in [3.63, 3.8) is 0 Å². The standard InChI is InChI=1S/C21H19ClN4O2S2/c1-28-12-18(27)24-13-5-7-14(8-6-13)26-20(16-9-10-17(22)30-16)19(25-21(26)29)15-4-2-3-11-23-15/h2-11,19-20H,12H2,1H3,(H,24,27)(H,25,29). The quantitative estimate of drug-likeness (QED) is 0.528. The van der Waals surface area contributed by atoms with Crippen LogP contribution in [0.3, 0.4) is 0 Å². The maximum Gasteiger partial charge on any atom is 0.250 e. The number of carbonyl (C=O) groups is 1. The molecule has 0 radical (unpaired) electrons. The Morgan fingerprint density at radius 1 is 1.27 bits per heavy atom. The lowest BCUT2D eigenvalue weighted by atomic mass is 10.0. The zero-order valence-corrected chi connectivity index (χ0v) is 18.4. The highest BCUT2D eigenvalue weighted by molar-refractivity contribution is 7.80. The van der Waals surface area contributed by atoms with Gasteiger partial charge in [0.1, 0.15) is 6.61 Å². The Morgan fingerprint density at radius 2 is 2.07 bits per heavy atom. The maximum absolute atomic E-state index is 11.7. The van der Waals surface area contributed by atoms with Crippen LogP contribution >= 0.6 is 35.2 Å². The largest absolute Gasteiger partial charge is 0.375 e. The van der Waals surface area contributed by atoms with Gasteiger partial charge >= 0.3 is 0 Å². The third kappa shape index (κ3) is 4.32. The minimum atomic E-state index is -0.204. The lowest BCUT2D eigenvalue weighted by Crippen LogP contribution is -2.29. The Kier molecular flexibility index (Phi) is 6.29. The van der Waals surface area contributed by atoms with Gasteiger partial charge in [0.2, 0.25) is 5.91 Å². The fourth-order valence-electron chi connectivity index (χ4n) is 3.44. The molecule has 0 saturated carbocycles. The molecule has 0 aliphatic carbocycles. The van der Waals surface area contributed by atoms with Gasteiger partial charge in [-0.05, 0) is 60.7 Å². The van der Waals surface area contributed by atoms with E-state index in [4.69, 9.17) is 28.6 Å². The van der Waals surface area contributed by atoms with Crippen LogP contribution in [0.15, 0.2) is 60.8 Å². The first-order valence-electron chi connectivity index (χ1n) is 9.21. The lowest BCUT2D eigenvalue weighted by molar-refractivity contribution is -0.119. The zero-order valence-electron chi connectivity index (χ0n) is 16.0. The summed E-state index contributed by atoms with van der Waals surface area (Å²) in [6.07, 6.45) is 1.78. The van der Waals surface area contributed by atoms with Crippen molar-refractivity contribution in [2.75, 3.05) is 23.9 Å². The molecule has 2 N–H and O–H groups in total. The molecule has 3 heterocycles. The number of pyridine rings is 1. The molecule has 2 atom stereocenters. The first-order chi connectivity index (χ1) is 14.6. The topological polar surface area (TPSA) is 66.5 Å². The van der Waals surface area contributed by atoms with E-state index < -0.39 is 0 Å². The molecule has 6 nitrogen and oxygen atoms in total. The summed E-state index contributed by atoms with van der Waals surface area (Å²) in [5.74, 6) is -0.204. The number of hydrogen-bond donors (Lipinski definition) is 2. The summed E-state index contributed by atoms with van der Waals surface area (Å²) in [6.45, 7) is 0.00878. The molecule has 0 bridgehead atoms. The van der Waals surface area contributed by atoms with Gasteiger partial charge in [0.25, 0.3) is 0 Å². The van der Waals surface area contributed by atoms with Gasteiger partial charge < -0.3 is 20.3 Å². The van der Waals surface area contributed by atoms with Gasteiger partial charge in [0, 0.05) is 29.6 Å². The molecule has 1 aliphatic rings. The number of amides is 1. The van der Waals surface area contributed by atoms with Gasteiger partial charge in [0.15, 0.2) is 5.11 Å². The average Bonchev–Trinajstić information content (AvgIpc) is 3.32. The number of halogens is 1. The number of thiophene rings is 1. The summed E-state index contributed by atoms with van der Waals surface area (Å²) >= 11 is 13.5. The van der Waals surface area contributed by atoms with E-state index in [0.717, 1.165) is 20.6 Å². The SMILES string of the molecule is COCC(=O)Nc1ccc(N2C(=S)NC(c3ccccn3)C2c2ccc(Cl)s2)cc1. The number of thiocarbonyl (C=S) groups is 1. The highest BCUT2D eigenvalue weighted by Gasteiger charge is 2.41. The van der Waals surface area contributed by atoms with Gasteiger partial charge in [-0.15, -0.1) is 11.3 Å². The number of aromatic nitrogens is 1. The van der Waals surface area contributed by atoms with Crippen molar-refractivity contribution < 1.29 is 9.53 Å². The van der Waals surface area contributed by atoms with Crippen LogP contribution in [-0.4, -0.2) is 29.7 Å². The Bertz CT molecular complexity index is 1040. The first kappa shape index (κ1) is 20.7. The smallest absolute Gasteiger partial charge is 0.250 e. The number of benzene rings is 1. The second-order valence-electron chi connectivity index (χ2n) is 6.67. The molecule has 1 saturated heterocycles. The summed E-state index contributed by atoms with van der Waals surface area (Å²) in [7, 11) is 1.49. The Labute approximate surface area is 188 Å². The summed E-state index contributed by atoms with van der Waals surface area (Å²) in [5, 5.41) is 6.82. The van der Waals surface area contributed by atoms with E-state index in [1.165, 1.54) is 18.4 Å². The third-order valence-electron chi connectivity index (χ3n) is 4.69. The molecule has 3 aromatic rings. The molecule has 30 heavy (non-hydrogen) atoms. The van der Waals surface area contributed by atoms with E-state index in [-0.39, 0.29) is 24.6 Å². The molecule has 4 rings (SSSR count). The van der Waals surface area contributed by atoms with Gasteiger partial charge in [-0.25, -0.2) is 0 Å². The van der Waals surface area contributed by atoms with Crippen LogP contribution in [0.4, 0.5) is 11.4 Å². The third-order valence-corrected chi connectivity index (χ3v) is 6.30. The van der Waals surface area contributed by atoms with Crippen molar-refractivity contribution >= 4 is 57.5 Å². The van der Waals surface area contributed by atoms with Crippen LogP contribution in [0.5, 0.6) is 0 Å². The van der Waals surface area contributed by atoms with Gasteiger partial charge in [-0.1, -0.05) is 17.7 Å². The van der Waals surface area contributed by atoms with Crippen LogP contribution in [0.2, 0.25) is 4.34 Å². The summed E-state index contributed by atoms with van der Waals surface area (Å²) in [6, 6.07) is 17.1. The number of nitrogens with zero attached hydrogens (tertiary/aromatic N) is 2. The number of rotatable bonds is 6. The molecule has 154 valence electrons. The predicted molar refractivity (Wildman–Crippen MR) is 124 cm³/mol. The Balaban J connectivity index is 1.67. The number of anilines is 2. The van der Waals surface area contributed by atoms with Gasteiger partial charge in [0.05, 0.1) is 22.1 Å². The van der Waals surface area contributed by atoms with Crippen LogP contribution in [0, 0.1) is 0 Å². The van der Waals surface area contributed by atoms with E-state index in [0.29, 0.717) is 10.8 Å². The highest BCUT2D eigenvalue weighted by Crippen LogP contribution is 2.44. The molecule has 1 fully saturated rings. The minimum absolute atomic E-state index is 0.00878. The fourth-order valence-corrected chi connectivity index (χ4v) is 4.98. The van der Waals surface area contributed by atoms with Crippen LogP contribution < -0.4 is 15.5 Å². The van der Waals surface area contributed by atoms with Crippen molar-refractivity contribution in [2.24, 2.45) is 0 Å². The molecule has 1 aliphatic heterocycles. The van der Waals surface area contributed by atoms with E-state index in [1.807, 2.05) is 54.6 Å². The van der Waals surface area contributed by atoms with Crippen LogP contribution in [-0.2, 0) is 9.53 Å². The first-order valence-corrected chi connectivity index (χ1v) is 10.8. The number of hydrogen-bond acceptors (Lipinski definition) is 5. The van der Waals surface area contributed by atoms with Crippen LogP contribution in [0.1, 0.15) is 22.7 Å². The van der Waals surface area contributed by atoms with Crippen molar-refractivity contribution in [2.45, 2.75) is 12.1 Å². The Hall–Kier alpha value is -2.52. The van der Waals surface area contributed by atoms with E-state index >= 15 is 0 Å². The number of ether oxygens (including phenoxy) is 1. The zero-order chi connectivity index (χ0) is 21.1. The molecule has 2 aromatic heterocycles. The molecule has 0 spiro atoms. The van der Waals surface area contributed by atoms with Gasteiger partial charge in [-0.2, -0.15) is 0 Å². The fraction of sp³-hybridized carbons (Fsp3) is 0.190. The van der Waals surface area contributed by atoms with Crippen molar-refractivity contribution in [1.82, 2.24) is 10.3 Å². The average molecular weight is 459 g/mol. The van der Waals surface area contributed by atoms with Crippen LogP contribution in [0.25, 0.3) is 0 Å². The van der Waals surface area contributed by atoms with E-state index in [1.54, 1.807) is 6.20 Å². The molecular weight excluding hydrogens is 440 g/mol. The van der Waals surface area contributed by atoms with Crippen molar-refractivity contribution in [3.05, 3.63) is 75.7 Å². The second kappa shape index (κ2) is 9.09.